The third kappa shape index (κ3) is 2.98. The van der Waals surface area contributed by atoms with Crippen molar-refractivity contribution in [3.63, 3.8) is 0 Å². The van der Waals surface area contributed by atoms with E-state index in [2.05, 4.69) is 22.0 Å². The van der Waals surface area contributed by atoms with E-state index in [-0.39, 0.29) is 5.56 Å². The molecule has 0 bridgehead atoms. The fourth-order valence-electron chi connectivity index (χ4n) is 2.84. The molecule has 1 aromatic heterocycles. The van der Waals surface area contributed by atoms with Gasteiger partial charge in [0.05, 0.1) is 12.7 Å². The molecule has 0 radical (unpaired) electrons. The highest BCUT2D eigenvalue weighted by Crippen LogP contribution is 2.29. The van der Waals surface area contributed by atoms with Crippen LogP contribution in [0.5, 0.6) is 5.88 Å². The fourth-order valence-corrected chi connectivity index (χ4v) is 2.84. The lowest BCUT2D eigenvalue weighted by Gasteiger charge is -2.12. The van der Waals surface area contributed by atoms with Crippen LogP contribution in [0.1, 0.15) is 5.56 Å². The molecule has 0 fully saturated rings. The highest BCUT2D eigenvalue weighted by molar-refractivity contribution is 5.98. The number of benzene rings is 2. The molecule has 3 aromatic rings. The van der Waals surface area contributed by atoms with Crippen LogP contribution in [0.25, 0.3) is 21.9 Å². The van der Waals surface area contributed by atoms with Crippen molar-refractivity contribution < 1.29 is 4.74 Å². The number of nitrogens with one attached hydrogen (secondary N) is 1. The highest BCUT2D eigenvalue weighted by atomic mass is 16.5. The maximum absolute atomic E-state index is 12.5. The van der Waals surface area contributed by atoms with Gasteiger partial charge in [-0.25, -0.2) is 0 Å². The number of methoxy groups -OCH3 is 1. The summed E-state index contributed by atoms with van der Waals surface area (Å²) in [5.41, 5.74) is 2.67. The van der Waals surface area contributed by atoms with Crippen molar-refractivity contribution >= 4 is 10.8 Å². The molecule has 1 N–H and O–H groups in total. The van der Waals surface area contributed by atoms with E-state index >= 15 is 0 Å². The molecule has 3 rings (SSSR count). The van der Waals surface area contributed by atoms with Crippen LogP contribution >= 0.6 is 0 Å². The number of aromatic nitrogens is 1. The highest BCUT2D eigenvalue weighted by Gasteiger charge is 2.12. The Morgan fingerprint density at radius 2 is 1.65 bits per heavy atom. The Kier molecular flexibility index (Phi) is 4.17. The first-order valence-corrected chi connectivity index (χ1v) is 7.53. The predicted molar refractivity (Wildman–Crippen MR) is 93.9 cm³/mol. The van der Waals surface area contributed by atoms with Gasteiger partial charge in [0.1, 0.15) is 0 Å². The smallest absolute Gasteiger partial charge is 0.259 e. The minimum atomic E-state index is -0.138. The average molecular weight is 308 g/mol. The van der Waals surface area contributed by atoms with Crippen LogP contribution in [0.15, 0.2) is 53.3 Å². The molecule has 2 aromatic carbocycles. The van der Waals surface area contributed by atoms with E-state index in [0.29, 0.717) is 11.4 Å². The average Bonchev–Trinajstić information content (AvgIpc) is 2.54. The molecule has 0 amide bonds. The van der Waals surface area contributed by atoms with Crippen molar-refractivity contribution in [1.82, 2.24) is 9.88 Å². The molecule has 0 aliphatic heterocycles. The van der Waals surface area contributed by atoms with Crippen molar-refractivity contribution in [3.8, 4) is 17.0 Å². The number of H-pyrrole nitrogens is 1. The van der Waals surface area contributed by atoms with Gasteiger partial charge in [-0.2, -0.15) is 0 Å². The van der Waals surface area contributed by atoms with Gasteiger partial charge in [0, 0.05) is 17.3 Å². The van der Waals surface area contributed by atoms with Gasteiger partial charge < -0.3 is 9.64 Å². The first-order chi connectivity index (χ1) is 11.1. The summed E-state index contributed by atoms with van der Waals surface area (Å²) in [7, 11) is 5.64. The summed E-state index contributed by atoms with van der Waals surface area (Å²) in [4.78, 5) is 17.5. The standard InChI is InChI=1S/C19H20N2O2/c1-21(2)12-13-8-10-14(11-9-13)17-15-6-4-5-7-16(15)19(23-3)20-18(17)22/h4-11H,12H2,1-3H3,(H,20,22). The summed E-state index contributed by atoms with van der Waals surface area (Å²) < 4.78 is 5.30. The molecular formula is C19H20N2O2. The van der Waals surface area contributed by atoms with E-state index in [1.54, 1.807) is 7.11 Å². The zero-order valence-electron chi connectivity index (χ0n) is 13.6. The summed E-state index contributed by atoms with van der Waals surface area (Å²) in [6.07, 6.45) is 0. The number of hydrogen-bond acceptors (Lipinski definition) is 3. The number of pyridine rings is 1. The molecule has 0 aliphatic carbocycles. The van der Waals surface area contributed by atoms with E-state index in [9.17, 15) is 4.79 Å². The van der Waals surface area contributed by atoms with E-state index < -0.39 is 0 Å². The summed E-state index contributed by atoms with van der Waals surface area (Å²) >= 11 is 0. The maximum atomic E-state index is 12.5. The van der Waals surface area contributed by atoms with Gasteiger partial charge in [0.25, 0.3) is 5.56 Å². The van der Waals surface area contributed by atoms with Gasteiger partial charge in [-0.3, -0.25) is 9.78 Å². The zero-order valence-corrected chi connectivity index (χ0v) is 13.6. The summed E-state index contributed by atoms with van der Waals surface area (Å²) in [5.74, 6) is 0.499. The van der Waals surface area contributed by atoms with E-state index in [0.717, 1.165) is 22.9 Å². The number of hydrogen-bond donors (Lipinski definition) is 1. The van der Waals surface area contributed by atoms with E-state index in [1.165, 1.54) is 5.56 Å². The molecule has 118 valence electrons. The second kappa shape index (κ2) is 6.26. The molecule has 1 heterocycles. The van der Waals surface area contributed by atoms with Gasteiger partial charge in [-0.1, -0.05) is 42.5 Å². The van der Waals surface area contributed by atoms with Crippen LogP contribution in [0, 0.1) is 0 Å². The SMILES string of the molecule is COc1[nH]c(=O)c(-c2ccc(CN(C)C)cc2)c2ccccc12. The second-order valence-electron chi connectivity index (χ2n) is 5.84. The van der Waals surface area contributed by atoms with Crippen LogP contribution in [0.2, 0.25) is 0 Å². The monoisotopic (exact) mass is 308 g/mol. The van der Waals surface area contributed by atoms with E-state index in [1.807, 2.05) is 50.5 Å². The van der Waals surface area contributed by atoms with Crippen LogP contribution in [0.3, 0.4) is 0 Å². The van der Waals surface area contributed by atoms with Crippen molar-refractivity contribution in [2.24, 2.45) is 0 Å². The Labute approximate surface area is 135 Å². The number of rotatable bonds is 4. The van der Waals surface area contributed by atoms with Crippen molar-refractivity contribution in [2.75, 3.05) is 21.2 Å². The molecule has 0 saturated carbocycles. The molecule has 0 atom stereocenters. The van der Waals surface area contributed by atoms with Crippen LogP contribution < -0.4 is 10.3 Å². The molecule has 23 heavy (non-hydrogen) atoms. The Bertz CT molecular complexity index is 880. The van der Waals surface area contributed by atoms with Crippen molar-refractivity contribution in [2.45, 2.75) is 6.54 Å². The van der Waals surface area contributed by atoms with Gasteiger partial charge in [-0.15, -0.1) is 0 Å². The summed E-state index contributed by atoms with van der Waals surface area (Å²) in [6, 6.07) is 15.9. The maximum Gasteiger partial charge on any atom is 0.259 e. The fraction of sp³-hybridized carbons (Fsp3) is 0.211. The van der Waals surface area contributed by atoms with Crippen LogP contribution in [-0.4, -0.2) is 31.1 Å². The van der Waals surface area contributed by atoms with Crippen LogP contribution in [0.4, 0.5) is 0 Å². The molecule has 0 saturated heterocycles. The quantitative estimate of drug-likeness (QED) is 0.804. The molecule has 0 spiro atoms. The van der Waals surface area contributed by atoms with Gasteiger partial charge in [0.15, 0.2) is 0 Å². The summed E-state index contributed by atoms with van der Waals surface area (Å²) in [5, 5.41) is 1.80. The van der Waals surface area contributed by atoms with Gasteiger partial charge in [0.2, 0.25) is 5.88 Å². The first-order valence-electron chi connectivity index (χ1n) is 7.53. The van der Waals surface area contributed by atoms with E-state index in [4.69, 9.17) is 4.74 Å². The van der Waals surface area contributed by atoms with Gasteiger partial charge >= 0.3 is 0 Å². The Balaban J connectivity index is 2.16. The topological polar surface area (TPSA) is 45.3 Å². The molecule has 0 unspecified atom stereocenters. The number of aromatic amines is 1. The predicted octanol–water partition coefficient (Wildman–Crippen LogP) is 3.27. The largest absolute Gasteiger partial charge is 0.482 e. The lowest BCUT2D eigenvalue weighted by Crippen LogP contribution is -2.12. The second-order valence-corrected chi connectivity index (χ2v) is 5.84. The molecular weight excluding hydrogens is 288 g/mol. The Hall–Kier alpha value is -2.59. The normalized spacial score (nSPS) is 11.1. The first kappa shape index (κ1) is 15.3. The molecule has 4 nitrogen and oxygen atoms in total. The lowest BCUT2D eigenvalue weighted by atomic mass is 9.99. The summed E-state index contributed by atoms with van der Waals surface area (Å²) in [6.45, 7) is 0.875. The zero-order chi connectivity index (χ0) is 16.4. The van der Waals surface area contributed by atoms with Crippen molar-refractivity contribution in [3.05, 3.63) is 64.4 Å². The Morgan fingerprint density at radius 3 is 2.26 bits per heavy atom. The number of nitrogens with zero attached hydrogens (tertiary/aromatic N) is 1. The van der Waals surface area contributed by atoms with Crippen molar-refractivity contribution in [1.29, 1.82) is 0 Å². The molecule has 4 heteroatoms. The minimum Gasteiger partial charge on any atom is -0.482 e. The lowest BCUT2D eigenvalue weighted by molar-refractivity contribution is 0.402. The number of ether oxygens (including phenoxy) is 1. The van der Waals surface area contributed by atoms with Gasteiger partial charge in [-0.05, 0) is 31.3 Å². The molecule has 0 aliphatic rings. The number of fused-ring (bicyclic) bond motifs is 1. The Morgan fingerprint density at radius 1 is 1.00 bits per heavy atom. The third-order valence-corrected chi connectivity index (χ3v) is 3.84. The minimum absolute atomic E-state index is 0.138. The van der Waals surface area contributed by atoms with Crippen LogP contribution in [-0.2, 0) is 6.54 Å². The third-order valence-electron chi connectivity index (χ3n) is 3.84.